The topological polar surface area (TPSA) is 61.0 Å². The van der Waals surface area contributed by atoms with Crippen LogP contribution in [0.1, 0.15) is 23.9 Å². The van der Waals surface area contributed by atoms with E-state index in [1.807, 2.05) is 53.4 Å². The van der Waals surface area contributed by atoms with Gasteiger partial charge in [0, 0.05) is 37.5 Å². The Morgan fingerprint density at radius 2 is 2.00 bits per heavy atom. The van der Waals surface area contributed by atoms with Crippen molar-refractivity contribution in [3.8, 4) is 0 Å². The van der Waals surface area contributed by atoms with E-state index in [2.05, 4.69) is 15.3 Å². The number of amides is 1. The summed E-state index contributed by atoms with van der Waals surface area (Å²) in [5.41, 5.74) is 2.94. The van der Waals surface area contributed by atoms with Crippen molar-refractivity contribution in [3.63, 3.8) is 0 Å². The number of halogens is 1. The van der Waals surface area contributed by atoms with Gasteiger partial charge in [-0.2, -0.15) is 0 Å². The SMILES string of the molecule is O=C(CCc1nc2ccccc2[nH]1)N1CCNCC1c1ccccc1Cl. The summed E-state index contributed by atoms with van der Waals surface area (Å²) < 4.78 is 0. The molecule has 0 radical (unpaired) electrons. The van der Waals surface area contributed by atoms with Crippen molar-refractivity contribution in [1.82, 2.24) is 20.2 Å². The molecule has 134 valence electrons. The van der Waals surface area contributed by atoms with Crippen LogP contribution in [0.3, 0.4) is 0 Å². The molecule has 1 aromatic heterocycles. The number of carbonyl (C=O) groups is 1. The van der Waals surface area contributed by atoms with Crippen LogP contribution in [0.2, 0.25) is 5.02 Å². The molecule has 1 aliphatic rings. The molecule has 2 aromatic carbocycles. The quantitative estimate of drug-likeness (QED) is 0.742. The fourth-order valence-electron chi connectivity index (χ4n) is 3.52. The number of aromatic nitrogens is 2. The summed E-state index contributed by atoms with van der Waals surface area (Å²) in [4.78, 5) is 22.7. The minimum Gasteiger partial charge on any atom is -0.342 e. The Kier molecular flexibility index (Phi) is 4.91. The molecule has 0 aliphatic carbocycles. The van der Waals surface area contributed by atoms with Crippen molar-refractivity contribution in [1.29, 1.82) is 0 Å². The van der Waals surface area contributed by atoms with Gasteiger partial charge in [-0.15, -0.1) is 0 Å². The molecular weight excluding hydrogens is 348 g/mol. The molecule has 3 aromatic rings. The van der Waals surface area contributed by atoms with Crippen LogP contribution >= 0.6 is 11.6 Å². The fourth-order valence-corrected chi connectivity index (χ4v) is 3.78. The van der Waals surface area contributed by atoms with Crippen LogP contribution in [-0.2, 0) is 11.2 Å². The minimum atomic E-state index is -0.0272. The monoisotopic (exact) mass is 368 g/mol. The highest BCUT2D eigenvalue weighted by Gasteiger charge is 2.28. The Balaban J connectivity index is 1.47. The first kappa shape index (κ1) is 17.1. The number of aromatic amines is 1. The summed E-state index contributed by atoms with van der Waals surface area (Å²) in [5.74, 6) is 0.987. The number of fused-ring (bicyclic) bond motifs is 1. The number of nitrogens with zero attached hydrogens (tertiary/aromatic N) is 2. The molecule has 1 unspecified atom stereocenters. The average Bonchev–Trinajstić information content (AvgIpc) is 3.09. The zero-order chi connectivity index (χ0) is 17.9. The van der Waals surface area contributed by atoms with Crippen LogP contribution in [0.15, 0.2) is 48.5 Å². The Morgan fingerprint density at radius 3 is 2.85 bits per heavy atom. The third-order valence-electron chi connectivity index (χ3n) is 4.84. The number of para-hydroxylation sites is 2. The summed E-state index contributed by atoms with van der Waals surface area (Å²) >= 11 is 6.36. The number of piperazine rings is 1. The lowest BCUT2D eigenvalue weighted by Crippen LogP contribution is -2.48. The molecule has 1 saturated heterocycles. The molecule has 4 rings (SSSR count). The largest absolute Gasteiger partial charge is 0.342 e. The van der Waals surface area contributed by atoms with Crippen molar-refractivity contribution < 1.29 is 4.79 Å². The number of nitrogens with one attached hydrogen (secondary N) is 2. The number of benzene rings is 2. The van der Waals surface area contributed by atoms with Gasteiger partial charge in [0.1, 0.15) is 5.82 Å². The van der Waals surface area contributed by atoms with E-state index in [1.165, 1.54) is 0 Å². The smallest absolute Gasteiger partial charge is 0.223 e. The van der Waals surface area contributed by atoms with Crippen molar-refractivity contribution in [2.24, 2.45) is 0 Å². The van der Waals surface area contributed by atoms with E-state index in [0.717, 1.165) is 35.5 Å². The molecule has 0 spiro atoms. The predicted molar refractivity (Wildman–Crippen MR) is 103 cm³/mol. The molecule has 0 saturated carbocycles. The number of H-pyrrole nitrogens is 1. The van der Waals surface area contributed by atoms with Crippen LogP contribution in [-0.4, -0.2) is 40.4 Å². The summed E-state index contributed by atoms with van der Waals surface area (Å²) in [6, 6.07) is 15.6. The Labute approximate surface area is 157 Å². The Morgan fingerprint density at radius 1 is 1.19 bits per heavy atom. The number of hydrogen-bond donors (Lipinski definition) is 2. The average molecular weight is 369 g/mol. The van der Waals surface area contributed by atoms with Crippen molar-refractivity contribution >= 4 is 28.5 Å². The van der Waals surface area contributed by atoms with Crippen molar-refractivity contribution in [2.75, 3.05) is 19.6 Å². The predicted octanol–water partition coefficient (Wildman–Crippen LogP) is 3.32. The van der Waals surface area contributed by atoms with Gasteiger partial charge < -0.3 is 15.2 Å². The molecule has 1 amide bonds. The molecular formula is C20H21ClN4O. The molecule has 2 N–H and O–H groups in total. The summed E-state index contributed by atoms with van der Waals surface area (Å²) in [5, 5.41) is 4.07. The van der Waals surface area contributed by atoms with Gasteiger partial charge in [0.2, 0.25) is 5.91 Å². The standard InChI is InChI=1S/C20H21ClN4O/c21-15-6-2-1-5-14(15)18-13-22-11-12-25(18)20(26)10-9-19-23-16-7-3-4-8-17(16)24-19/h1-8,18,22H,9-13H2,(H,23,24). The lowest BCUT2D eigenvalue weighted by Gasteiger charge is -2.37. The maximum atomic E-state index is 12.9. The number of carbonyl (C=O) groups excluding carboxylic acids is 1. The zero-order valence-electron chi connectivity index (χ0n) is 14.4. The first-order chi connectivity index (χ1) is 12.7. The van der Waals surface area contributed by atoms with E-state index in [4.69, 9.17) is 11.6 Å². The van der Waals surface area contributed by atoms with Crippen molar-refractivity contribution in [2.45, 2.75) is 18.9 Å². The maximum Gasteiger partial charge on any atom is 0.223 e. The normalized spacial score (nSPS) is 17.6. The van der Waals surface area contributed by atoms with Gasteiger partial charge in [0.05, 0.1) is 17.1 Å². The van der Waals surface area contributed by atoms with Gasteiger partial charge >= 0.3 is 0 Å². The second-order valence-corrected chi connectivity index (χ2v) is 6.94. The van der Waals surface area contributed by atoms with Gasteiger partial charge in [-0.3, -0.25) is 4.79 Å². The number of rotatable bonds is 4. The highest BCUT2D eigenvalue weighted by molar-refractivity contribution is 6.31. The zero-order valence-corrected chi connectivity index (χ0v) is 15.2. The van der Waals surface area contributed by atoms with Crippen LogP contribution in [0.4, 0.5) is 0 Å². The van der Waals surface area contributed by atoms with Crippen LogP contribution in [0.25, 0.3) is 11.0 Å². The molecule has 5 nitrogen and oxygen atoms in total. The summed E-state index contributed by atoms with van der Waals surface area (Å²) in [6.45, 7) is 2.21. The number of aryl methyl sites for hydroxylation is 1. The third-order valence-corrected chi connectivity index (χ3v) is 5.19. The second kappa shape index (κ2) is 7.48. The summed E-state index contributed by atoms with van der Waals surface area (Å²) in [7, 11) is 0. The summed E-state index contributed by atoms with van der Waals surface area (Å²) in [6.07, 6.45) is 1.04. The third kappa shape index (κ3) is 3.45. The first-order valence-electron chi connectivity index (χ1n) is 8.90. The highest BCUT2D eigenvalue weighted by Crippen LogP contribution is 2.29. The van der Waals surface area contributed by atoms with Gasteiger partial charge in [-0.25, -0.2) is 4.98 Å². The van der Waals surface area contributed by atoms with Gasteiger partial charge in [-0.1, -0.05) is 41.9 Å². The van der Waals surface area contributed by atoms with Gasteiger partial charge in [0.25, 0.3) is 0 Å². The van der Waals surface area contributed by atoms with E-state index < -0.39 is 0 Å². The second-order valence-electron chi connectivity index (χ2n) is 6.53. The minimum absolute atomic E-state index is 0.0272. The molecule has 26 heavy (non-hydrogen) atoms. The number of hydrogen-bond acceptors (Lipinski definition) is 3. The number of imidazole rings is 1. The Bertz CT molecular complexity index is 890. The highest BCUT2D eigenvalue weighted by atomic mass is 35.5. The van der Waals surface area contributed by atoms with Crippen LogP contribution in [0.5, 0.6) is 0 Å². The molecule has 2 heterocycles. The molecule has 1 fully saturated rings. The Hall–Kier alpha value is -2.37. The first-order valence-corrected chi connectivity index (χ1v) is 9.28. The fraction of sp³-hybridized carbons (Fsp3) is 0.300. The molecule has 1 aliphatic heterocycles. The molecule has 1 atom stereocenters. The molecule has 0 bridgehead atoms. The van der Waals surface area contributed by atoms with E-state index in [9.17, 15) is 4.79 Å². The lowest BCUT2D eigenvalue weighted by molar-refractivity contribution is -0.134. The van der Waals surface area contributed by atoms with Crippen LogP contribution in [0, 0.1) is 0 Å². The van der Waals surface area contributed by atoms with E-state index in [0.29, 0.717) is 24.4 Å². The van der Waals surface area contributed by atoms with E-state index in [-0.39, 0.29) is 11.9 Å². The van der Waals surface area contributed by atoms with Crippen molar-refractivity contribution in [3.05, 3.63) is 64.9 Å². The van der Waals surface area contributed by atoms with E-state index in [1.54, 1.807) is 0 Å². The molecule has 6 heteroatoms. The van der Waals surface area contributed by atoms with Crippen LogP contribution < -0.4 is 5.32 Å². The maximum absolute atomic E-state index is 12.9. The van der Waals surface area contributed by atoms with Gasteiger partial charge in [-0.05, 0) is 23.8 Å². The van der Waals surface area contributed by atoms with E-state index >= 15 is 0 Å². The lowest BCUT2D eigenvalue weighted by atomic mass is 10.0. The van der Waals surface area contributed by atoms with Gasteiger partial charge in [0.15, 0.2) is 0 Å².